The molecule has 0 amide bonds. The summed E-state index contributed by atoms with van der Waals surface area (Å²) in [7, 11) is 0. The van der Waals surface area contributed by atoms with Gasteiger partial charge in [0.1, 0.15) is 11.5 Å². The van der Waals surface area contributed by atoms with Crippen molar-refractivity contribution in [2.75, 3.05) is 0 Å². The quantitative estimate of drug-likeness (QED) is 0.819. The van der Waals surface area contributed by atoms with Gasteiger partial charge in [-0.15, -0.1) is 5.11 Å². The van der Waals surface area contributed by atoms with Crippen LogP contribution >= 0.6 is 0 Å². The Morgan fingerprint density at radius 2 is 2.00 bits per heavy atom. The Morgan fingerprint density at radius 3 is 2.53 bits per heavy atom. The highest BCUT2D eigenvalue weighted by Crippen LogP contribution is 2.22. The van der Waals surface area contributed by atoms with Crippen molar-refractivity contribution in [3.05, 3.63) is 41.8 Å². The fourth-order valence-corrected chi connectivity index (χ4v) is 1.31. The molecular formula is C10H8FN3O3. The second-order valence-corrected chi connectivity index (χ2v) is 3.33. The highest BCUT2D eigenvalue weighted by molar-refractivity contribution is 5.74. The molecule has 0 bridgehead atoms. The van der Waals surface area contributed by atoms with Crippen LogP contribution in [-0.2, 0) is 4.79 Å². The highest BCUT2D eigenvalue weighted by atomic mass is 19.1. The molecule has 0 spiro atoms. The lowest BCUT2D eigenvalue weighted by molar-refractivity contribution is -0.157. The van der Waals surface area contributed by atoms with E-state index in [-0.39, 0.29) is 5.70 Å². The van der Waals surface area contributed by atoms with E-state index in [0.717, 1.165) is 6.20 Å². The fourth-order valence-electron chi connectivity index (χ4n) is 1.31. The van der Waals surface area contributed by atoms with Gasteiger partial charge in [0.15, 0.2) is 0 Å². The molecule has 1 aliphatic rings. The first-order valence-electron chi connectivity index (χ1n) is 4.66. The van der Waals surface area contributed by atoms with Crippen LogP contribution in [-0.4, -0.2) is 27.5 Å². The average Bonchev–Trinajstić information content (AvgIpc) is 2.29. The number of hydrogen-bond donors (Lipinski definition) is 2. The van der Waals surface area contributed by atoms with E-state index >= 15 is 0 Å². The predicted molar refractivity (Wildman–Crippen MR) is 54.3 cm³/mol. The van der Waals surface area contributed by atoms with E-state index in [1.807, 2.05) is 0 Å². The van der Waals surface area contributed by atoms with Gasteiger partial charge in [0, 0.05) is 5.56 Å². The first kappa shape index (κ1) is 11.2. The fraction of sp³-hybridized carbons (Fsp3) is 0.100. The Morgan fingerprint density at radius 1 is 1.35 bits per heavy atom. The summed E-state index contributed by atoms with van der Waals surface area (Å²) in [4.78, 5) is 10.6. The van der Waals surface area contributed by atoms with Gasteiger partial charge in [0.2, 0.25) is 0 Å². The second kappa shape index (κ2) is 4.30. The number of carboxylic acid groups (broad SMARTS) is 1. The number of carboxylic acids is 1. The summed E-state index contributed by atoms with van der Waals surface area (Å²) < 4.78 is 12.7. The van der Waals surface area contributed by atoms with E-state index in [1.165, 1.54) is 24.3 Å². The number of azo groups is 1. The van der Waals surface area contributed by atoms with E-state index in [4.69, 9.17) is 5.11 Å². The van der Waals surface area contributed by atoms with Gasteiger partial charge in [-0.05, 0) is 24.3 Å². The standard InChI is InChI=1S/C10H8FN3O3/c11-7-3-1-6(2-4-7)8-5-14(17)9(10(15)16)13-12-8/h1-5,9,17H,(H,15,16)/t9-/m1/s1. The van der Waals surface area contributed by atoms with Crippen LogP contribution in [0.5, 0.6) is 0 Å². The largest absolute Gasteiger partial charge is 0.478 e. The molecule has 1 heterocycles. The molecule has 0 saturated carbocycles. The van der Waals surface area contributed by atoms with Crippen LogP contribution in [0.2, 0.25) is 0 Å². The van der Waals surface area contributed by atoms with E-state index in [0.29, 0.717) is 10.6 Å². The van der Waals surface area contributed by atoms with Gasteiger partial charge in [0.25, 0.3) is 6.17 Å². The van der Waals surface area contributed by atoms with Crippen molar-refractivity contribution in [2.45, 2.75) is 6.17 Å². The van der Waals surface area contributed by atoms with Gasteiger partial charge in [-0.25, -0.2) is 14.2 Å². The van der Waals surface area contributed by atoms with E-state index in [1.54, 1.807) is 0 Å². The minimum atomic E-state index is -1.45. The smallest absolute Gasteiger partial charge is 0.353 e. The molecule has 7 heteroatoms. The summed E-state index contributed by atoms with van der Waals surface area (Å²) in [5, 5.41) is 25.6. The molecule has 1 atom stereocenters. The summed E-state index contributed by atoms with van der Waals surface area (Å²) in [6.45, 7) is 0. The number of hydrogen-bond acceptors (Lipinski definition) is 5. The van der Waals surface area contributed by atoms with Gasteiger partial charge in [-0.1, -0.05) is 0 Å². The summed E-state index contributed by atoms with van der Waals surface area (Å²) in [6.07, 6.45) is -0.321. The predicted octanol–water partition coefficient (Wildman–Crippen LogP) is 1.69. The number of halogens is 1. The topological polar surface area (TPSA) is 85.5 Å². The van der Waals surface area contributed by atoms with Crippen LogP contribution in [0.3, 0.4) is 0 Å². The SMILES string of the molecule is O=C(O)[C@@H]1N=NC(c2ccc(F)cc2)=CN1O. The molecule has 0 fully saturated rings. The molecule has 0 unspecified atom stereocenters. The Hall–Kier alpha value is -2.28. The van der Waals surface area contributed by atoms with Crippen molar-refractivity contribution in [3.63, 3.8) is 0 Å². The number of rotatable bonds is 2. The van der Waals surface area contributed by atoms with Crippen molar-refractivity contribution in [1.29, 1.82) is 0 Å². The minimum Gasteiger partial charge on any atom is -0.478 e. The lowest BCUT2D eigenvalue weighted by Crippen LogP contribution is -2.35. The maximum Gasteiger partial charge on any atom is 0.353 e. The number of benzene rings is 1. The Balaban J connectivity index is 2.26. The molecule has 0 saturated heterocycles. The molecule has 2 rings (SSSR count). The first-order chi connectivity index (χ1) is 8.08. The summed E-state index contributed by atoms with van der Waals surface area (Å²) in [5.41, 5.74) is 0.781. The Kier molecular flexibility index (Phi) is 2.84. The van der Waals surface area contributed by atoms with Crippen LogP contribution in [0.1, 0.15) is 5.56 Å². The lowest BCUT2D eigenvalue weighted by Gasteiger charge is -2.20. The number of carbonyl (C=O) groups is 1. The molecule has 2 N–H and O–H groups in total. The van der Waals surface area contributed by atoms with E-state index in [9.17, 15) is 14.4 Å². The van der Waals surface area contributed by atoms with Gasteiger partial charge in [-0.3, -0.25) is 5.21 Å². The second-order valence-electron chi connectivity index (χ2n) is 3.33. The highest BCUT2D eigenvalue weighted by Gasteiger charge is 2.25. The van der Waals surface area contributed by atoms with Crippen LogP contribution in [0.15, 0.2) is 40.7 Å². The lowest BCUT2D eigenvalue weighted by atomic mass is 10.1. The third-order valence-electron chi connectivity index (χ3n) is 2.14. The zero-order valence-electron chi connectivity index (χ0n) is 8.49. The molecule has 17 heavy (non-hydrogen) atoms. The van der Waals surface area contributed by atoms with Gasteiger partial charge in [-0.2, -0.15) is 5.11 Å². The molecule has 0 aliphatic carbocycles. The molecule has 6 nitrogen and oxygen atoms in total. The zero-order chi connectivity index (χ0) is 12.4. The van der Waals surface area contributed by atoms with E-state index < -0.39 is 18.0 Å². The maximum atomic E-state index is 12.7. The van der Waals surface area contributed by atoms with Gasteiger partial charge in [0.05, 0.1) is 6.20 Å². The molecule has 1 aliphatic heterocycles. The first-order valence-corrected chi connectivity index (χ1v) is 4.66. The van der Waals surface area contributed by atoms with Gasteiger partial charge < -0.3 is 5.11 Å². The summed E-state index contributed by atoms with van der Waals surface area (Å²) in [6, 6.07) is 5.37. The molecular weight excluding hydrogens is 229 g/mol. The third kappa shape index (κ3) is 2.28. The van der Waals surface area contributed by atoms with Crippen LogP contribution in [0.4, 0.5) is 4.39 Å². The monoisotopic (exact) mass is 237 g/mol. The van der Waals surface area contributed by atoms with Crippen molar-refractivity contribution < 1.29 is 19.5 Å². The molecule has 0 aromatic heterocycles. The molecule has 1 aromatic rings. The van der Waals surface area contributed by atoms with E-state index in [2.05, 4.69) is 10.2 Å². The Bertz CT molecular complexity index is 498. The summed E-state index contributed by atoms with van der Waals surface area (Å²) >= 11 is 0. The van der Waals surface area contributed by atoms with Crippen molar-refractivity contribution >= 4 is 11.7 Å². The molecule has 1 aromatic carbocycles. The van der Waals surface area contributed by atoms with Crippen LogP contribution in [0.25, 0.3) is 5.70 Å². The van der Waals surface area contributed by atoms with Crippen LogP contribution in [0, 0.1) is 5.82 Å². The number of nitrogens with zero attached hydrogens (tertiary/aromatic N) is 3. The van der Waals surface area contributed by atoms with Crippen molar-refractivity contribution in [1.82, 2.24) is 5.06 Å². The minimum absolute atomic E-state index is 0.255. The number of aliphatic carboxylic acids is 1. The normalized spacial score (nSPS) is 19.1. The number of hydroxylamine groups is 2. The van der Waals surface area contributed by atoms with Gasteiger partial charge >= 0.3 is 5.97 Å². The third-order valence-corrected chi connectivity index (χ3v) is 2.14. The average molecular weight is 237 g/mol. The van der Waals surface area contributed by atoms with Crippen LogP contribution < -0.4 is 0 Å². The zero-order valence-corrected chi connectivity index (χ0v) is 8.49. The van der Waals surface area contributed by atoms with Crippen molar-refractivity contribution in [2.24, 2.45) is 10.2 Å². The maximum absolute atomic E-state index is 12.7. The molecule has 0 radical (unpaired) electrons. The van der Waals surface area contributed by atoms with Crippen molar-refractivity contribution in [3.8, 4) is 0 Å². The Labute approximate surface area is 95.3 Å². The summed E-state index contributed by atoms with van der Waals surface area (Å²) in [5.74, 6) is -1.71. The molecule has 88 valence electrons.